The molecule has 1 heterocycles. The first-order valence-electron chi connectivity index (χ1n) is 5.19. The van der Waals surface area contributed by atoms with Crippen molar-refractivity contribution in [1.29, 1.82) is 0 Å². The fourth-order valence-corrected chi connectivity index (χ4v) is 2.21. The topological polar surface area (TPSA) is 29.5 Å². The van der Waals surface area contributed by atoms with Crippen LogP contribution < -0.4 is 0 Å². The Hall–Kier alpha value is -0.107. The third-order valence-corrected chi connectivity index (χ3v) is 3.98. The molecule has 0 aromatic rings. The summed E-state index contributed by atoms with van der Waals surface area (Å²) in [5.74, 6) is 0. The SMILES string of the molecule is CC(C)(C)OC(=O)N1CC[CH]([Zn])CC1. The summed E-state index contributed by atoms with van der Waals surface area (Å²) in [4.78, 5) is 13.5. The van der Waals surface area contributed by atoms with E-state index in [4.69, 9.17) is 4.74 Å². The summed E-state index contributed by atoms with van der Waals surface area (Å²) in [6, 6.07) is 0. The van der Waals surface area contributed by atoms with Gasteiger partial charge in [0.15, 0.2) is 0 Å². The molecule has 0 atom stereocenters. The fourth-order valence-electron chi connectivity index (χ4n) is 1.44. The molecular formula is C10H18NO2Zn. The maximum atomic E-state index is 11.6. The zero-order valence-corrected chi connectivity index (χ0v) is 12.3. The molecule has 0 radical (unpaired) electrons. The first-order valence-corrected chi connectivity index (χ1v) is 6.91. The first kappa shape index (κ1) is 12.0. The Kier molecular flexibility index (Phi) is 3.94. The van der Waals surface area contributed by atoms with E-state index in [2.05, 4.69) is 0 Å². The molecule has 0 spiro atoms. The Bertz CT molecular complexity index is 205. The fraction of sp³-hybridized carbons (Fsp3) is 0.900. The number of hydrogen-bond donors (Lipinski definition) is 0. The standard InChI is InChI=1S/C10H18NO2.Zn/c1-10(2,3)13-9(12)11-7-5-4-6-8-11;/h4H,5-8H2,1-3H3;. The predicted molar refractivity (Wildman–Crippen MR) is 50.8 cm³/mol. The summed E-state index contributed by atoms with van der Waals surface area (Å²) in [7, 11) is 0. The van der Waals surface area contributed by atoms with Crippen molar-refractivity contribution < 1.29 is 27.8 Å². The van der Waals surface area contributed by atoms with Crippen LogP contribution in [0.1, 0.15) is 33.6 Å². The van der Waals surface area contributed by atoms with Crippen LogP contribution in [0.4, 0.5) is 4.79 Å². The number of piperidine rings is 1. The van der Waals surface area contributed by atoms with Crippen molar-refractivity contribution in [3.8, 4) is 0 Å². The number of carbonyl (C=O) groups is 1. The minimum atomic E-state index is -0.367. The van der Waals surface area contributed by atoms with Crippen LogP contribution in [0.15, 0.2) is 0 Å². The molecular weight excluding hydrogens is 232 g/mol. The van der Waals surface area contributed by atoms with E-state index < -0.39 is 0 Å². The summed E-state index contributed by atoms with van der Waals surface area (Å²) in [5, 5.41) is 0. The summed E-state index contributed by atoms with van der Waals surface area (Å²) < 4.78 is 6.18. The van der Waals surface area contributed by atoms with Crippen molar-refractivity contribution >= 4 is 6.09 Å². The first-order chi connectivity index (χ1) is 6.38. The molecule has 3 nitrogen and oxygen atoms in total. The molecule has 4 heteroatoms. The molecule has 0 aliphatic carbocycles. The molecule has 1 amide bonds. The molecule has 1 rings (SSSR count). The number of ether oxygens (including phenoxy) is 1. The normalized spacial score (nSPS) is 19.6. The number of nitrogens with zero attached hydrogens (tertiary/aromatic N) is 1. The Morgan fingerprint density at radius 3 is 2.29 bits per heavy atom. The minimum absolute atomic E-state index is 0.149. The van der Waals surface area contributed by atoms with Crippen LogP contribution in [0.5, 0.6) is 0 Å². The van der Waals surface area contributed by atoms with E-state index in [9.17, 15) is 4.79 Å². The van der Waals surface area contributed by atoms with Gasteiger partial charge in [0.25, 0.3) is 0 Å². The third kappa shape index (κ3) is 3.95. The second-order valence-electron chi connectivity index (χ2n) is 4.91. The Labute approximate surface area is 95.9 Å². The molecule has 0 aromatic heterocycles. The monoisotopic (exact) mass is 248 g/mol. The zero-order valence-electron chi connectivity index (χ0n) is 9.38. The molecule has 1 aliphatic heterocycles. The molecule has 1 saturated heterocycles. The van der Waals surface area contributed by atoms with Gasteiger partial charge in [-0.1, -0.05) is 0 Å². The van der Waals surface area contributed by atoms with Gasteiger partial charge in [-0.2, -0.15) is 0 Å². The van der Waals surface area contributed by atoms with Crippen molar-refractivity contribution in [2.45, 2.75) is 43.7 Å². The van der Waals surface area contributed by atoms with Gasteiger partial charge in [0.1, 0.15) is 0 Å². The van der Waals surface area contributed by atoms with Gasteiger partial charge in [-0.3, -0.25) is 0 Å². The summed E-state index contributed by atoms with van der Waals surface area (Å²) in [6.45, 7) is 7.47. The van der Waals surface area contributed by atoms with Gasteiger partial charge in [-0.25, -0.2) is 0 Å². The second-order valence-corrected chi connectivity index (χ2v) is 7.33. The van der Waals surface area contributed by atoms with Gasteiger partial charge < -0.3 is 0 Å². The van der Waals surface area contributed by atoms with Crippen LogP contribution in [0.3, 0.4) is 0 Å². The molecule has 1 fully saturated rings. The molecule has 0 N–H and O–H groups in total. The quantitative estimate of drug-likeness (QED) is 0.617. The number of likely N-dealkylation sites (tertiary alicyclic amines) is 1. The van der Waals surface area contributed by atoms with Gasteiger partial charge in [-0.15, -0.1) is 0 Å². The number of carbonyl (C=O) groups excluding carboxylic acids is 1. The summed E-state index contributed by atoms with van der Waals surface area (Å²) in [6.07, 6.45) is 2.16. The molecule has 77 valence electrons. The van der Waals surface area contributed by atoms with Crippen molar-refractivity contribution in [3.05, 3.63) is 0 Å². The van der Waals surface area contributed by atoms with Gasteiger partial charge in [0, 0.05) is 0 Å². The number of amides is 1. The number of rotatable bonds is 0. The average molecular weight is 250 g/mol. The Balaban J connectivity index is 2.38. The average Bonchev–Trinajstić information content (AvgIpc) is 2.02. The Morgan fingerprint density at radius 2 is 1.86 bits per heavy atom. The van der Waals surface area contributed by atoms with Gasteiger partial charge in [0.05, 0.1) is 0 Å². The zero-order chi connectivity index (χ0) is 10.8. The molecule has 14 heavy (non-hydrogen) atoms. The van der Waals surface area contributed by atoms with E-state index in [0.29, 0.717) is 0 Å². The van der Waals surface area contributed by atoms with Crippen LogP contribution in [0.25, 0.3) is 0 Å². The van der Waals surface area contributed by atoms with Crippen LogP contribution in [0.2, 0.25) is 4.51 Å². The molecule has 0 bridgehead atoms. The van der Waals surface area contributed by atoms with Crippen LogP contribution in [-0.2, 0) is 23.0 Å². The summed E-state index contributed by atoms with van der Waals surface area (Å²) >= 11 is 1.35. The van der Waals surface area contributed by atoms with Crippen molar-refractivity contribution in [3.63, 3.8) is 0 Å². The molecule has 0 aromatic carbocycles. The van der Waals surface area contributed by atoms with Crippen LogP contribution in [0, 0.1) is 0 Å². The Morgan fingerprint density at radius 1 is 1.36 bits per heavy atom. The van der Waals surface area contributed by atoms with E-state index in [1.807, 2.05) is 25.7 Å². The molecule has 1 aliphatic rings. The number of hydrogen-bond acceptors (Lipinski definition) is 2. The summed E-state index contributed by atoms with van der Waals surface area (Å²) in [5.41, 5.74) is -0.367. The van der Waals surface area contributed by atoms with Gasteiger partial charge in [0.2, 0.25) is 0 Å². The molecule has 0 saturated carbocycles. The third-order valence-electron chi connectivity index (χ3n) is 2.27. The molecule has 0 unspecified atom stereocenters. The van der Waals surface area contributed by atoms with Crippen LogP contribution in [-0.4, -0.2) is 29.7 Å². The van der Waals surface area contributed by atoms with E-state index in [1.54, 1.807) is 0 Å². The van der Waals surface area contributed by atoms with E-state index in [1.165, 1.54) is 18.3 Å². The van der Waals surface area contributed by atoms with E-state index in [0.717, 1.165) is 30.4 Å². The second kappa shape index (κ2) is 4.61. The van der Waals surface area contributed by atoms with Crippen molar-refractivity contribution in [2.24, 2.45) is 0 Å². The maximum absolute atomic E-state index is 11.6. The van der Waals surface area contributed by atoms with Gasteiger partial charge >= 0.3 is 95.6 Å². The van der Waals surface area contributed by atoms with Crippen molar-refractivity contribution in [2.75, 3.05) is 13.1 Å². The van der Waals surface area contributed by atoms with Crippen molar-refractivity contribution in [1.82, 2.24) is 4.90 Å². The predicted octanol–water partition coefficient (Wildman–Crippen LogP) is 2.35. The van der Waals surface area contributed by atoms with Crippen LogP contribution >= 0.6 is 0 Å². The van der Waals surface area contributed by atoms with E-state index >= 15 is 0 Å². The van der Waals surface area contributed by atoms with Gasteiger partial charge in [-0.05, 0) is 0 Å². The van der Waals surface area contributed by atoms with E-state index in [-0.39, 0.29) is 11.7 Å².